The lowest BCUT2D eigenvalue weighted by Crippen LogP contribution is -1.81. The van der Waals surface area contributed by atoms with Crippen molar-refractivity contribution in [1.29, 1.82) is 0 Å². The van der Waals surface area contributed by atoms with E-state index in [4.69, 9.17) is 4.42 Å². The highest BCUT2D eigenvalue weighted by Crippen LogP contribution is 2.29. The van der Waals surface area contributed by atoms with E-state index in [1.54, 1.807) is 0 Å². The standard InChI is InChI=1S/C16H10F2N2O/c1-8-2-3-13-9(4-8)5-14(21-13)16-19-12-7-10(17)6-11(18)15(12)20-16/h2-7H,1H3,(H,19,20). The lowest BCUT2D eigenvalue weighted by Gasteiger charge is -1.90. The number of rotatable bonds is 1. The minimum absolute atomic E-state index is 0.100. The number of aryl methyl sites for hydroxylation is 1. The number of nitrogens with zero attached hydrogens (tertiary/aromatic N) is 1. The third-order valence-electron chi connectivity index (χ3n) is 3.41. The van der Waals surface area contributed by atoms with Gasteiger partial charge in [-0.15, -0.1) is 0 Å². The Morgan fingerprint density at radius 2 is 1.95 bits per heavy atom. The van der Waals surface area contributed by atoms with Crippen LogP contribution in [0.5, 0.6) is 0 Å². The molecule has 2 aromatic heterocycles. The maximum absolute atomic E-state index is 13.7. The van der Waals surface area contributed by atoms with Gasteiger partial charge in [-0.05, 0) is 31.2 Å². The Kier molecular flexibility index (Phi) is 2.39. The summed E-state index contributed by atoms with van der Waals surface area (Å²) in [7, 11) is 0. The average molecular weight is 284 g/mol. The number of hydrogen-bond donors (Lipinski definition) is 1. The van der Waals surface area contributed by atoms with E-state index in [1.807, 2.05) is 31.2 Å². The molecule has 0 spiro atoms. The van der Waals surface area contributed by atoms with Crippen LogP contribution in [0.1, 0.15) is 5.56 Å². The molecule has 0 saturated carbocycles. The molecule has 0 fully saturated rings. The molecule has 0 amide bonds. The van der Waals surface area contributed by atoms with Gasteiger partial charge in [0.05, 0.1) is 5.52 Å². The first-order valence-corrected chi connectivity index (χ1v) is 6.45. The van der Waals surface area contributed by atoms with Gasteiger partial charge in [0.15, 0.2) is 17.4 Å². The summed E-state index contributed by atoms with van der Waals surface area (Å²) in [6.07, 6.45) is 0. The molecular weight excluding hydrogens is 274 g/mol. The largest absolute Gasteiger partial charge is 0.453 e. The summed E-state index contributed by atoms with van der Waals surface area (Å²) in [6, 6.07) is 9.66. The van der Waals surface area contributed by atoms with E-state index in [0.717, 1.165) is 22.6 Å². The van der Waals surface area contributed by atoms with Crippen LogP contribution in [0.2, 0.25) is 0 Å². The fourth-order valence-corrected chi connectivity index (χ4v) is 2.44. The summed E-state index contributed by atoms with van der Waals surface area (Å²) >= 11 is 0. The maximum Gasteiger partial charge on any atom is 0.174 e. The van der Waals surface area contributed by atoms with Crippen LogP contribution in [-0.4, -0.2) is 9.97 Å². The van der Waals surface area contributed by atoms with Crippen LogP contribution < -0.4 is 0 Å². The molecule has 0 aliphatic heterocycles. The van der Waals surface area contributed by atoms with E-state index in [-0.39, 0.29) is 5.52 Å². The molecular formula is C16H10F2N2O. The lowest BCUT2D eigenvalue weighted by molar-refractivity contribution is 0.590. The summed E-state index contributed by atoms with van der Waals surface area (Å²) in [4.78, 5) is 7.03. The lowest BCUT2D eigenvalue weighted by atomic mass is 10.2. The van der Waals surface area contributed by atoms with Gasteiger partial charge in [-0.3, -0.25) is 0 Å². The van der Waals surface area contributed by atoms with Crippen LogP contribution in [0.3, 0.4) is 0 Å². The molecule has 104 valence electrons. The Morgan fingerprint density at radius 1 is 1.10 bits per heavy atom. The van der Waals surface area contributed by atoms with Gasteiger partial charge in [0.2, 0.25) is 0 Å². The van der Waals surface area contributed by atoms with Crippen molar-refractivity contribution in [2.45, 2.75) is 6.92 Å². The zero-order chi connectivity index (χ0) is 14.6. The van der Waals surface area contributed by atoms with Gasteiger partial charge in [-0.25, -0.2) is 13.8 Å². The molecule has 3 nitrogen and oxygen atoms in total. The number of hydrogen-bond acceptors (Lipinski definition) is 2. The number of imidazole rings is 1. The van der Waals surface area contributed by atoms with E-state index in [0.29, 0.717) is 17.1 Å². The highest BCUT2D eigenvalue weighted by atomic mass is 19.1. The van der Waals surface area contributed by atoms with Gasteiger partial charge in [-0.2, -0.15) is 0 Å². The molecule has 2 aromatic carbocycles. The summed E-state index contributed by atoms with van der Waals surface area (Å²) in [5.74, 6) is -0.468. The number of aromatic amines is 1. The van der Waals surface area contributed by atoms with Crippen LogP contribution >= 0.6 is 0 Å². The third kappa shape index (κ3) is 1.89. The van der Waals surface area contributed by atoms with Crippen molar-refractivity contribution in [3.8, 4) is 11.6 Å². The summed E-state index contributed by atoms with van der Waals surface area (Å²) < 4.78 is 32.6. The Hall–Kier alpha value is -2.69. The molecule has 2 heterocycles. The fraction of sp³-hybridized carbons (Fsp3) is 0.0625. The number of aromatic nitrogens is 2. The predicted octanol–water partition coefficient (Wildman–Crippen LogP) is 4.56. The van der Waals surface area contributed by atoms with Crippen molar-refractivity contribution < 1.29 is 13.2 Å². The number of nitrogens with one attached hydrogen (secondary N) is 1. The molecule has 0 aliphatic rings. The van der Waals surface area contributed by atoms with Crippen LogP contribution in [0.25, 0.3) is 33.6 Å². The monoisotopic (exact) mass is 284 g/mol. The number of halogens is 2. The minimum Gasteiger partial charge on any atom is -0.453 e. The predicted molar refractivity (Wildman–Crippen MR) is 76.0 cm³/mol. The van der Waals surface area contributed by atoms with Gasteiger partial charge >= 0.3 is 0 Å². The SMILES string of the molecule is Cc1ccc2oc(-c3nc4c(F)cc(F)cc4[nH]3)cc2c1. The molecule has 0 bridgehead atoms. The minimum atomic E-state index is -0.695. The Bertz CT molecular complexity index is 985. The van der Waals surface area contributed by atoms with E-state index >= 15 is 0 Å². The summed E-state index contributed by atoms with van der Waals surface area (Å²) in [5.41, 5.74) is 2.25. The van der Waals surface area contributed by atoms with E-state index in [9.17, 15) is 8.78 Å². The quantitative estimate of drug-likeness (QED) is 0.556. The van der Waals surface area contributed by atoms with Crippen LogP contribution in [0.4, 0.5) is 8.78 Å². The van der Waals surface area contributed by atoms with Gasteiger partial charge in [0.25, 0.3) is 0 Å². The molecule has 5 heteroatoms. The zero-order valence-corrected chi connectivity index (χ0v) is 11.1. The maximum atomic E-state index is 13.7. The van der Waals surface area contributed by atoms with Gasteiger partial charge < -0.3 is 9.40 Å². The van der Waals surface area contributed by atoms with Crippen LogP contribution in [0.15, 0.2) is 40.8 Å². The second-order valence-electron chi connectivity index (χ2n) is 5.02. The zero-order valence-electron chi connectivity index (χ0n) is 11.1. The van der Waals surface area contributed by atoms with Crippen molar-refractivity contribution >= 4 is 22.0 Å². The number of benzene rings is 2. The van der Waals surface area contributed by atoms with E-state index in [1.165, 1.54) is 6.07 Å². The molecule has 0 saturated heterocycles. The molecule has 0 radical (unpaired) electrons. The van der Waals surface area contributed by atoms with Gasteiger partial charge in [0, 0.05) is 11.5 Å². The summed E-state index contributed by atoms with van der Waals surface area (Å²) in [5, 5.41) is 0.942. The Morgan fingerprint density at radius 3 is 2.81 bits per heavy atom. The van der Waals surface area contributed by atoms with Crippen molar-refractivity contribution in [3.63, 3.8) is 0 Å². The van der Waals surface area contributed by atoms with Crippen molar-refractivity contribution in [3.05, 3.63) is 53.6 Å². The first kappa shape index (κ1) is 12.1. The highest BCUT2D eigenvalue weighted by molar-refractivity contribution is 5.85. The Labute approximate surface area is 118 Å². The first-order valence-electron chi connectivity index (χ1n) is 6.45. The fourth-order valence-electron chi connectivity index (χ4n) is 2.44. The van der Waals surface area contributed by atoms with Crippen molar-refractivity contribution in [2.24, 2.45) is 0 Å². The summed E-state index contributed by atoms with van der Waals surface area (Å²) in [6.45, 7) is 1.99. The number of furan rings is 1. The molecule has 4 rings (SSSR count). The normalized spacial score (nSPS) is 11.6. The van der Waals surface area contributed by atoms with Crippen LogP contribution in [-0.2, 0) is 0 Å². The second-order valence-corrected chi connectivity index (χ2v) is 5.02. The first-order chi connectivity index (χ1) is 10.1. The van der Waals surface area contributed by atoms with Crippen LogP contribution in [0, 0.1) is 18.6 Å². The molecule has 1 N–H and O–H groups in total. The third-order valence-corrected chi connectivity index (χ3v) is 3.41. The average Bonchev–Trinajstić information content (AvgIpc) is 3.01. The Balaban J connectivity index is 1.93. The van der Waals surface area contributed by atoms with Crippen molar-refractivity contribution in [2.75, 3.05) is 0 Å². The van der Waals surface area contributed by atoms with E-state index < -0.39 is 11.6 Å². The topological polar surface area (TPSA) is 41.8 Å². The van der Waals surface area contributed by atoms with Gasteiger partial charge in [-0.1, -0.05) is 11.6 Å². The van der Waals surface area contributed by atoms with Gasteiger partial charge in [0.1, 0.15) is 16.9 Å². The van der Waals surface area contributed by atoms with Crippen molar-refractivity contribution in [1.82, 2.24) is 9.97 Å². The second kappa shape index (κ2) is 4.15. The number of fused-ring (bicyclic) bond motifs is 2. The smallest absolute Gasteiger partial charge is 0.174 e. The molecule has 0 atom stereocenters. The molecule has 0 aliphatic carbocycles. The number of H-pyrrole nitrogens is 1. The highest BCUT2D eigenvalue weighted by Gasteiger charge is 2.14. The molecule has 0 unspecified atom stereocenters. The molecule has 21 heavy (non-hydrogen) atoms. The van der Waals surface area contributed by atoms with E-state index in [2.05, 4.69) is 9.97 Å². The molecule has 4 aromatic rings.